The highest BCUT2D eigenvalue weighted by Crippen LogP contribution is 2.36. The molecule has 114 valence electrons. The van der Waals surface area contributed by atoms with Crippen LogP contribution >= 0.6 is 23.1 Å². The van der Waals surface area contributed by atoms with E-state index in [1.165, 1.54) is 22.2 Å². The number of aromatic nitrogens is 5. The summed E-state index contributed by atoms with van der Waals surface area (Å²) in [6.07, 6.45) is 1.60. The summed E-state index contributed by atoms with van der Waals surface area (Å²) < 4.78 is 0. The molecule has 0 saturated heterocycles. The minimum absolute atomic E-state index is 0.659. The maximum atomic E-state index is 4.56. The van der Waals surface area contributed by atoms with E-state index in [9.17, 15) is 0 Å². The Kier molecular flexibility index (Phi) is 3.59. The van der Waals surface area contributed by atoms with Gasteiger partial charge >= 0.3 is 0 Å². The van der Waals surface area contributed by atoms with Crippen LogP contribution in [-0.2, 0) is 0 Å². The minimum atomic E-state index is 0.659. The summed E-state index contributed by atoms with van der Waals surface area (Å²) in [7, 11) is 0. The number of nitrogens with one attached hydrogen (secondary N) is 1. The van der Waals surface area contributed by atoms with Crippen molar-refractivity contribution in [3.8, 4) is 11.4 Å². The fourth-order valence-corrected chi connectivity index (χ4v) is 4.25. The van der Waals surface area contributed by atoms with Crippen LogP contribution in [0.1, 0.15) is 10.4 Å². The van der Waals surface area contributed by atoms with Crippen LogP contribution in [0.2, 0.25) is 0 Å². The molecule has 0 spiro atoms. The van der Waals surface area contributed by atoms with Gasteiger partial charge in [-0.25, -0.2) is 15.0 Å². The average Bonchev–Trinajstić information content (AvgIpc) is 3.14. The molecule has 3 aromatic heterocycles. The van der Waals surface area contributed by atoms with Gasteiger partial charge in [-0.2, -0.15) is 0 Å². The molecule has 0 atom stereocenters. The highest BCUT2D eigenvalue weighted by Gasteiger charge is 2.15. The molecule has 1 N–H and O–H groups in total. The largest absolute Gasteiger partial charge is 0.258 e. The Bertz CT molecular complexity index is 975. The topological polar surface area (TPSA) is 67.3 Å². The van der Waals surface area contributed by atoms with Crippen molar-refractivity contribution in [2.24, 2.45) is 0 Å². The first-order valence-electron chi connectivity index (χ1n) is 7.09. The molecule has 0 saturated carbocycles. The third-order valence-corrected chi connectivity index (χ3v) is 5.61. The van der Waals surface area contributed by atoms with E-state index in [0.717, 1.165) is 26.6 Å². The molecule has 7 heteroatoms. The summed E-state index contributed by atoms with van der Waals surface area (Å²) in [5.41, 5.74) is 2.24. The van der Waals surface area contributed by atoms with Gasteiger partial charge in [0.25, 0.3) is 0 Å². The molecular formula is C16H13N5S2. The average molecular weight is 339 g/mol. The van der Waals surface area contributed by atoms with Gasteiger partial charge in [0, 0.05) is 15.8 Å². The molecule has 23 heavy (non-hydrogen) atoms. The summed E-state index contributed by atoms with van der Waals surface area (Å²) in [5, 5.41) is 9.95. The molecule has 3 heterocycles. The Morgan fingerprint density at radius 3 is 2.74 bits per heavy atom. The first-order valence-corrected chi connectivity index (χ1v) is 8.72. The number of aryl methyl sites for hydroxylation is 2. The van der Waals surface area contributed by atoms with E-state index in [-0.39, 0.29) is 0 Å². The Balaban J connectivity index is 1.71. The molecule has 0 fully saturated rings. The molecule has 0 aliphatic carbocycles. The van der Waals surface area contributed by atoms with Gasteiger partial charge in [0.2, 0.25) is 5.16 Å². The fourth-order valence-electron chi connectivity index (χ4n) is 2.33. The van der Waals surface area contributed by atoms with Crippen LogP contribution in [0.25, 0.3) is 21.6 Å². The van der Waals surface area contributed by atoms with E-state index in [4.69, 9.17) is 0 Å². The molecule has 5 nitrogen and oxygen atoms in total. The summed E-state index contributed by atoms with van der Waals surface area (Å²) in [4.78, 5) is 15.6. The highest BCUT2D eigenvalue weighted by atomic mass is 32.2. The normalized spacial score (nSPS) is 11.2. The predicted molar refractivity (Wildman–Crippen MR) is 92.8 cm³/mol. The zero-order chi connectivity index (χ0) is 15.8. The van der Waals surface area contributed by atoms with Gasteiger partial charge < -0.3 is 0 Å². The van der Waals surface area contributed by atoms with Gasteiger partial charge in [-0.05, 0) is 31.2 Å². The van der Waals surface area contributed by atoms with Gasteiger partial charge in [0.15, 0.2) is 5.82 Å². The molecule has 0 aliphatic rings. The lowest BCUT2D eigenvalue weighted by atomic mass is 10.2. The number of aromatic amines is 1. The van der Waals surface area contributed by atoms with Crippen LogP contribution in [0.4, 0.5) is 0 Å². The highest BCUT2D eigenvalue weighted by molar-refractivity contribution is 7.99. The van der Waals surface area contributed by atoms with Gasteiger partial charge in [0.1, 0.15) is 16.2 Å². The van der Waals surface area contributed by atoms with Crippen LogP contribution in [0.3, 0.4) is 0 Å². The molecule has 0 aliphatic heterocycles. The summed E-state index contributed by atoms with van der Waals surface area (Å²) in [6, 6.07) is 9.95. The van der Waals surface area contributed by atoms with Crippen LogP contribution < -0.4 is 0 Å². The minimum Gasteiger partial charge on any atom is -0.258 e. The van der Waals surface area contributed by atoms with Crippen molar-refractivity contribution in [1.82, 2.24) is 25.1 Å². The van der Waals surface area contributed by atoms with Gasteiger partial charge in [-0.3, -0.25) is 5.10 Å². The number of thiophene rings is 1. The second kappa shape index (κ2) is 5.75. The maximum absolute atomic E-state index is 4.56. The predicted octanol–water partition coefficient (Wildman–Crippen LogP) is 4.24. The van der Waals surface area contributed by atoms with E-state index in [2.05, 4.69) is 39.0 Å². The lowest BCUT2D eigenvalue weighted by molar-refractivity contribution is 0.968. The van der Waals surface area contributed by atoms with Crippen LogP contribution in [0, 0.1) is 13.8 Å². The second-order valence-electron chi connectivity index (χ2n) is 5.08. The molecule has 4 aromatic rings. The molecule has 0 unspecified atom stereocenters. The van der Waals surface area contributed by atoms with Gasteiger partial charge in [-0.1, -0.05) is 30.3 Å². The summed E-state index contributed by atoms with van der Waals surface area (Å²) in [5.74, 6) is 0.761. The number of hydrogen-bond acceptors (Lipinski definition) is 6. The van der Waals surface area contributed by atoms with Crippen LogP contribution in [-0.4, -0.2) is 25.1 Å². The van der Waals surface area contributed by atoms with Crippen molar-refractivity contribution < 1.29 is 0 Å². The van der Waals surface area contributed by atoms with E-state index in [1.807, 2.05) is 30.3 Å². The number of hydrogen-bond donors (Lipinski definition) is 1. The van der Waals surface area contributed by atoms with Crippen molar-refractivity contribution >= 4 is 33.3 Å². The van der Waals surface area contributed by atoms with E-state index in [0.29, 0.717) is 5.16 Å². The Labute approximate surface area is 141 Å². The molecule has 1 aromatic carbocycles. The lowest BCUT2D eigenvalue weighted by Crippen LogP contribution is -1.86. The van der Waals surface area contributed by atoms with Crippen LogP contribution in [0.15, 0.2) is 46.8 Å². The van der Waals surface area contributed by atoms with Crippen molar-refractivity contribution in [3.63, 3.8) is 0 Å². The smallest absolute Gasteiger partial charge is 0.215 e. The Morgan fingerprint density at radius 1 is 1.09 bits per heavy atom. The number of nitrogens with zero attached hydrogens (tertiary/aromatic N) is 4. The molecule has 0 amide bonds. The zero-order valence-electron chi connectivity index (χ0n) is 12.6. The summed E-state index contributed by atoms with van der Waals surface area (Å²) in [6.45, 7) is 4.21. The van der Waals surface area contributed by atoms with Gasteiger partial charge in [-0.15, -0.1) is 16.4 Å². The van der Waals surface area contributed by atoms with Gasteiger partial charge in [0.05, 0.1) is 0 Å². The number of H-pyrrole nitrogens is 1. The third kappa shape index (κ3) is 2.62. The fraction of sp³-hybridized carbons (Fsp3) is 0.125. The van der Waals surface area contributed by atoms with Crippen molar-refractivity contribution in [2.75, 3.05) is 0 Å². The second-order valence-corrected chi connectivity index (χ2v) is 7.24. The SMILES string of the molecule is Cc1sc2ncnc(Sc3n[nH]c(-c4ccccc4)n3)c2c1C. The molecule has 4 rings (SSSR count). The lowest BCUT2D eigenvalue weighted by Gasteiger charge is -1.99. The Hall–Kier alpha value is -2.25. The monoisotopic (exact) mass is 339 g/mol. The molecular weight excluding hydrogens is 326 g/mol. The van der Waals surface area contributed by atoms with E-state index in [1.54, 1.807) is 17.7 Å². The standard InChI is InChI=1S/C16H13N5S2/c1-9-10(2)22-14-12(9)15(18-8-17-14)23-16-19-13(20-21-16)11-6-4-3-5-7-11/h3-8H,1-2H3,(H,19,20,21). The van der Waals surface area contributed by atoms with Crippen molar-refractivity contribution in [2.45, 2.75) is 24.0 Å². The maximum Gasteiger partial charge on any atom is 0.215 e. The third-order valence-electron chi connectivity index (χ3n) is 3.63. The van der Waals surface area contributed by atoms with Crippen molar-refractivity contribution in [1.29, 1.82) is 0 Å². The van der Waals surface area contributed by atoms with Crippen LogP contribution in [0.5, 0.6) is 0 Å². The molecule has 0 bridgehead atoms. The zero-order valence-corrected chi connectivity index (χ0v) is 14.2. The quantitative estimate of drug-likeness (QED) is 0.565. The molecule has 0 radical (unpaired) electrons. The Morgan fingerprint density at radius 2 is 1.91 bits per heavy atom. The van der Waals surface area contributed by atoms with Crippen molar-refractivity contribution in [3.05, 3.63) is 47.1 Å². The number of benzene rings is 1. The first-order chi connectivity index (χ1) is 11.2. The number of rotatable bonds is 3. The summed E-state index contributed by atoms with van der Waals surface area (Å²) >= 11 is 3.15. The number of fused-ring (bicyclic) bond motifs is 1. The first kappa shape index (κ1) is 14.3. The van der Waals surface area contributed by atoms with E-state index >= 15 is 0 Å². The van der Waals surface area contributed by atoms with E-state index < -0.39 is 0 Å².